The maximum atomic E-state index is 11.3. The van der Waals surface area contributed by atoms with Crippen molar-refractivity contribution in [1.82, 2.24) is 0 Å². The molecule has 0 saturated heterocycles. The summed E-state index contributed by atoms with van der Waals surface area (Å²) in [5, 5.41) is 10.8. The third-order valence-electron chi connectivity index (χ3n) is 2.17. The molecule has 0 aliphatic heterocycles. The van der Waals surface area contributed by atoms with E-state index >= 15 is 0 Å². The van der Waals surface area contributed by atoms with Gasteiger partial charge in [-0.15, -0.1) is 22.7 Å². The number of sulfone groups is 1. The lowest BCUT2D eigenvalue weighted by Crippen LogP contribution is -1.97. The molecule has 0 amide bonds. The lowest BCUT2D eigenvalue weighted by Gasteiger charge is -1.92. The van der Waals surface area contributed by atoms with Crippen LogP contribution >= 0.6 is 22.7 Å². The van der Waals surface area contributed by atoms with E-state index in [9.17, 15) is 8.42 Å². The Morgan fingerprint density at radius 1 is 1.33 bits per heavy atom. The van der Waals surface area contributed by atoms with Crippen LogP contribution in [-0.2, 0) is 9.84 Å². The van der Waals surface area contributed by atoms with E-state index in [0.29, 0.717) is 0 Å². The van der Waals surface area contributed by atoms with Gasteiger partial charge in [0.1, 0.15) is 11.0 Å². The first-order valence-electron chi connectivity index (χ1n) is 4.96. The fourth-order valence-electron chi connectivity index (χ4n) is 1.33. The highest BCUT2D eigenvalue weighted by atomic mass is 32.2. The molecule has 3 nitrogen and oxygen atoms in total. The van der Waals surface area contributed by atoms with Crippen LogP contribution in [0.25, 0.3) is 15.8 Å². The second-order valence-corrected chi connectivity index (χ2v) is 7.62. The van der Waals surface area contributed by atoms with Crippen LogP contribution in [0.3, 0.4) is 0 Å². The Labute approximate surface area is 114 Å². The molecule has 0 saturated carbocycles. The molecule has 0 unspecified atom stereocenters. The molecule has 0 aliphatic rings. The highest BCUT2D eigenvalue weighted by Crippen LogP contribution is 2.32. The van der Waals surface area contributed by atoms with Gasteiger partial charge < -0.3 is 0 Å². The molecule has 0 fully saturated rings. The Morgan fingerprint density at radius 2 is 2.11 bits per heavy atom. The van der Waals surface area contributed by atoms with Crippen LogP contribution < -0.4 is 0 Å². The normalized spacial score (nSPS) is 12.3. The predicted octanol–water partition coefficient (Wildman–Crippen LogP) is 3.39. The Morgan fingerprint density at radius 3 is 2.67 bits per heavy atom. The molecule has 0 aromatic carbocycles. The van der Waals surface area contributed by atoms with E-state index in [1.807, 2.05) is 29.6 Å². The van der Waals surface area contributed by atoms with E-state index in [2.05, 4.69) is 0 Å². The Kier molecular flexibility index (Phi) is 3.66. The van der Waals surface area contributed by atoms with Crippen LogP contribution in [0.4, 0.5) is 0 Å². The second kappa shape index (κ2) is 5.06. The van der Waals surface area contributed by atoms with Crippen LogP contribution in [0.1, 0.15) is 4.88 Å². The van der Waals surface area contributed by atoms with Gasteiger partial charge in [-0.2, -0.15) is 5.26 Å². The van der Waals surface area contributed by atoms with Crippen molar-refractivity contribution in [1.29, 1.82) is 5.26 Å². The van der Waals surface area contributed by atoms with Crippen molar-refractivity contribution in [2.45, 2.75) is 0 Å². The van der Waals surface area contributed by atoms with Crippen LogP contribution in [0.2, 0.25) is 0 Å². The number of hydrogen-bond donors (Lipinski definition) is 0. The van der Waals surface area contributed by atoms with Crippen LogP contribution in [0, 0.1) is 11.3 Å². The van der Waals surface area contributed by atoms with Gasteiger partial charge in [-0.1, -0.05) is 6.07 Å². The number of nitriles is 1. The molecule has 0 atom stereocenters. The quantitative estimate of drug-likeness (QED) is 0.816. The van der Waals surface area contributed by atoms with Gasteiger partial charge in [-0.05, 0) is 29.7 Å². The molecular weight excluding hydrogens is 286 g/mol. The summed E-state index contributed by atoms with van der Waals surface area (Å²) < 4.78 is 22.6. The molecule has 2 aromatic rings. The summed E-state index contributed by atoms with van der Waals surface area (Å²) in [4.78, 5) is 2.77. The third kappa shape index (κ3) is 2.88. The van der Waals surface area contributed by atoms with Crippen molar-refractivity contribution in [3.05, 3.63) is 39.4 Å². The molecule has 0 radical (unpaired) electrons. The van der Waals surface area contributed by atoms with E-state index in [1.165, 1.54) is 17.4 Å². The van der Waals surface area contributed by atoms with Gasteiger partial charge in [-0.3, -0.25) is 0 Å². The minimum Gasteiger partial charge on any atom is -0.223 e. The van der Waals surface area contributed by atoms with E-state index < -0.39 is 9.84 Å². The predicted molar refractivity (Wildman–Crippen MR) is 76.1 cm³/mol. The minimum atomic E-state index is -3.45. The average molecular weight is 295 g/mol. The number of thiophene rings is 2. The van der Waals surface area contributed by atoms with Crippen LogP contribution in [0.5, 0.6) is 0 Å². The molecule has 6 heteroatoms. The third-order valence-corrected chi connectivity index (χ3v) is 5.28. The van der Waals surface area contributed by atoms with Gasteiger partial charge in [0, 0.05) is 20.9 Å². The molecule has 0 spiro atoms. The first-order chi connectivity index (χ1) is 8.50. The molecule has 0 aliphatic carbocycles. The van der Waals surface area contributed by atoms with E-state index in [0.717, 1.165) is 20.9 Å². The molecule has 0 N–H and O–H groups in total. The van der Waals surface area contributed by atoms with Crippen molar-refractivity contribution in [2.75, 3.05) is 6.26 Å². The zero-order valence-electron chi connectivity index (χ0n) is 9.45. The lowest BCUT2D eigenvalue weighted by molar-refractivity contribution is 0.609. The summed E-state index contributed by atoms with van der Waals surface area (Å²) in [6, 6.07) is 9.44. The molecule has 2 heterocycles. The molecule has 0 bridgehead atoms. The summed E-state index contributed by atoms with van der Waals surface area (Å²) in [6.07, 6.45) is 2.45. The number of rotatable bonds is 3. The molecule has 92 valence electrons. The minimum absolute atomic E-state index is 0.206. The van der Waals surface area contributed by atoms with Crippen molar-refractivity contribution >= 4 is 38.6 Å². The van der Waals surface area contributed by atoms with Crippen LogP contribution in [-0.4, -0.2) is 14.7 Å². The smallest absolute Gasteiger partial charge is 0.185 e. The van der Waals surface area contributed by atoms with Crippen molar-refractivity contribution < 1.29 is 8.42 Å². The number of nitrogens with zero attached hydrogens (tertiary/aromatic N) is 1. The van der Waals surface area contributed by atoms with Crippen LogP contribution in [0.15, 0.2) is 34.6 Å². The van der Waals surface area contributed by atoms with Crippen molar-refractivity contribution in [3.8, 4) is 15.8 Å². The molecule has 2 rings (SSSR count). The highest BCUT2D eigenvalue weighted by Gasteiger charge is 2.11. The Bertz CT molecular complexity index is 716. The summed E-state index contributed by atoms with van der Waals surface area (Å²) in [5.41, 5.74) is 0. The fourth-order valence-corrected chi connectivity index (χ4v) is 3.70. The van der Waals surface area contributed by atoms with Gasteiger partial charge in [0.2, 0.25) is 0 Å². The molecule has 18 heavy (non-hydrogen) atoms. The first kappa shape index (κ1) is 13.0. The zero-order chi connectivity index (χ0) is 13.2. The van der Waals surface area contributed by atoms with E-state index in [-0.39, 0.29) is 4.91 Å². The maximum absolute atomic E-state index is 11.3. The van der Waals surface area contributed by atoms with Gasteiger partial charge in [0.25, 0.3) is 0 Å². The summed E-state index contributed by atoms with van der Waals surface area (Å²) in [7, 11) is -3.45. The van der Waals surface area contributed by atoms with Gasteiger partial charge >= 0.3 is 0 Å². The van der Waals surface area contributed by atoms with E-state index in [1.54, 1.807) is 17.4 Å². The maximum Gasteiger partial charge on any atom is 0.185 e. The van der Waals surface area contributed by atoms with Crippen molar-refractivity contribution in [3.63, 3.8) is 0 Å². The Hall–Kier alpha value is -1.42. The molecule has 2 aromatic heterocycles. The lowest BCUT2D eigenvalue weighted by atomic mass is 10.3. The SMILES string of the molecule is CS(=O)(=O)C(C#N)=Cc1ccc(-c2cccs2)s1. The monoisotopic (exact) mass is 295 g/mol. The average Bonchev–Trinajstić information content (AvgIpc) is 2.94. The van der Waals surface area contributed by atoms with Gasteiger partial charge in [-0.25, -0.2) is 8.42 Å². The molecular formula is C12H9NO2S3. The number of allylic oxidation sites excluding steroid dienone is 1. The Balaban J connectivity index is 2.38. The topological polar surface area (TPSA) is 57.9 Å². The summed E-state index contributed by atoms with van der Waals surface area (Å²) >= 11 is 3.09. The largest absolute Gasteiger partial charge is 0.223 e. The summed E-state index contributed by atoms with van der Waals surface area (Å²) in [5.74, 6) is 0. The first-order valence-corrected chi connectivity index (χ1v) is 8.55. The standard InChI is InChI=1S/C12H9NO2S3/c1-18(14,15)10(8-13)7-9-4-5-12(17-9)11-3-2-6-16-11/h2-7H,1H3. The zero-order valence-corrected chi connectivity index (χ0v) is 11.9. The van der Waals surface area contributed by atoms with Gasteiger partial charge in [0.15, 0.2) is 9.84 Å². The van der Waals surface area contributed by atoms with E-state index in [4.69, 9.17) is 5.26 Å². The highest BCUT2D eigenvalue weighted by molar-refractivity contribution is 7.95. The van der Waals surface area contributed by atoms with Crippen molar-refractivity contribution in [2.24, 2.45) is 0 Å². The second-order valence-electron chi connectivity index (χ2n) is 3.57. The summed E-state index contributed by atoms with van der Waals surface area (Å²) in [6.45, 7) is 0. The number of hydrogen-bond acceptors (Lipinski definition) is 5. The fraction of sp³-hybridized carbons (Fsp3) is 0.0833. The van der Waals surface area contributed by atoms with Gasteiger partial charge in [0.05, 0.1) is 0 Å².